The highest BCUT2D eigenvalue weighted by Crippen LogP contribution is 2.23. The average Bonchev–Trinajstić information content (AvgIpc) is 3.17. The van der Waals surface area contributed by atoms with E-state index < -0.39 is 5.97 Å². The third-order valence-corrected chi connectivity index (χ3v) is 5.12. The number of carboxylic acid groups (broad SMARTS) is 1. The van der Waals surface area contributed by atoms with Crippen molar-refractivity contribution in [2.24, 2.45) is 0 Å². The van der Waals surface area contributed by atoms with E-state index in [0.29, 0.717) is 13.1 Å². The molecule has 3 heterocycles. The van der Waals surface area contributed by atoms with Gasteiger partial charge in [-0.2, -0.15) is 0 Å². The molecule has 0 bridgehead atoms. The summed E-state index contributed by atoms with van der Waals surface area (Å²) in [6.45, 7) is 5.24. The monoisotopic (exact) mass is 335 g/mol. The second kappa shape index (κ2) is 7.29. The fourth-order valence-corrected chi connectivity index (χ4v) is 3.61. The van der Waals surface area contributed by atoms with Gasteiger partial charge in [-0.05, 0) is 39.3 Å². The van der Waals surface area contributed by atoms with Crippen LogP contribution in [0.3, 0.4) is 0 Å². The van der Waals surface area contributed by atoms with Gasteiger partial charge in [-0.3, -0.25) is 9.69 Å². The van der Waals surface area contributed by atoms with Crippen LogP contribution in [0.1, 0.15) is 55.6 Å². The SMILES string of the molecule is CC(C(=O)N1CCC(n2cc(C(=O)O)nn2)C1)N1CCCCCC1. The number of aromatic nitrogens is 3. The van der Waals surface area contributed by atoms with Crippen molar-refractivity contribution in [3.63, 3.8) is 0 Å². The van der Waals surface area contributed by atoms with E-state index in [1.807, 2.05) is 11.8 Å². The maximum atomic E-state index is 12.8. The van der Waals surface area contributed by atoms with E-state index in [0.717, 1.165) is 32.4 Å². The van der Waals surface area contributed by atoms with Gasteiger partial charge in [-0.1, -0.05) is 18.1 Å². The third kappa shape index (κ3) is 3.58. The number of hydrogen-bond donors (Lipinski definition) is 1. The molecular weight excluding hydrogens is 310 g/mol. The van der Waals surface area contributed by atoms with E-state index in [1.54, 1.807) is 4.68 Å². The quantitative estimate of drug-likeness (QED) is 0.883. The number of rotatable bonds is 4. The van der Waals surface area contributed by atoms with Crippen molar-refractivity contribution in [2.75, 3.05) is 26.2 Å². The number of likely N-dealkylation sites (tertiary alicyclic amines) is 2. The molecule has 2 fully saturated rings. The summed E-state index contributed by atoms with van der Waals surface area (Å²) in [5.41, 5.74) is -0.0577. The van der Waals surface area contributed by atoms with E-state index in [4.69, 9.17) is 5.11 Å². The molecular formula is C16H25N5O3. The van der Waals surface area contributed by atoms with Gasteiger partial charge in [0.05, 0.1) is 18.3 Å². The minimum absolute atomic E-state index is 0.00545. The van der Waals surface area contributed by atoms with E-state index in [2.05, 4.69) is 15.2 Å². The molecule has 0 aliphatic carbocycles. The predicted molar refractivity (Wildman–Crippen MR) is 86.7 cm³/mol. The number of aromatic carboxylic acids is 1. The first-order valence-corrected chi connectivity index (χ1v) is 8.74. The zero-order chi connectivity index (χ0) is 17.1. The topological polar surface area (TPSA) is 91.6 Å². The molecule has 1 N–H and O–H groups in total. The molecule has 8 nitrogen and oxygen atoms in total. The summed E-state index contributed by atoms with van der Waals surface area (Å²) in [5, 5.41) is 16.5. The molecule has 1 aromatic rings. The lowest BCUT2D eigenvalue weighted by Gasteiger charge is -2.30. The van der Waals surface area contributed by atoms with Crippen LogP contribution in [0.25, 0.3) is 0 Å². The fourth-order valence-electron chi connectivity index (χ4n) is 3.61. The molecule has 1 amide bonds. The van der Waals surface area contributed by atoms with Gasteiger partial charge in [0, 0.05) is 13.1 Å². The molecule has 0 aromatic carbocycles. The number of carboxylic acids is 1. The third-order valence-electron chi connectivity index (χ3n) is 5.12. The molecule has 0 saturated carbocycles. The Hall–Kier alpha value is -1.96. The van der Waals surface area contributed by atoms with E-state index in [1.165, 1.54) is 19.0 Å². The van der Waals surface area contributed by atoms with Crippen molar-refractivity contribution in [3.05, 3.63) is 11.9 Å². The van der Waals surface area contributed by atoms with Crippen LogP contribution in [0.15, 0.2) is 6.20 Å². The Morgan fingerprint density at radius 1 is 1.21 bits per heavy atom. The molecule has 2 atom stereocenters. The summed E-state index contributed by atoms with van der Waals surface area (Å²) in [7, 11) is 0. The van der Waals surface area contributed by atoms with Crippen LogP contribution in [0.5, 0.6) is 0 Å². The minimum Gasteiger partial charge on any atom is -0.476 e. The van der Waals surface area contributed by atoms with Crippen LogP contribution in [0, 0.1) is 0 Å². The number of nitrogens with zero attached hydrogens (tertiary/aromatic N) is 5. The van der Waals surface area contributed by atoms with Crippen molar-refractivity contribution in [2.45, 2.75) is 51.1 Å². The second-order valence-electron chi connectivity index (χ2n) is 6.74. The molecule has 2 aliphatic heterocycles. The Balaban J connectivity index is 1.59. The molecule has 0 spiro atoms. The van der Waals surface area contributed by atoms with Crippen LogP contribution >= 0.6 is 0 Å². The molecule has 3 rings (SSSR count). The van der Waals surface area contributed by atoms with E-state index in [-0.39, 0.29) is 23.7 Å². The fraction of sp³-hybridized carbons (Fsp3) is 0.750. The Bertz CT molecular complexity index is 594. The summed E-state index contributed by atoms with van der Waals surface area (Å²) < 4.78 is 1.58. The molecule has 8 heteroatoms. The van der Waals surface area contributed by atoms with Gasteiger partial charge in [0.25, 0.3) is 0 Å². The van der Waals surface area contributed by atoms with Gasteiger partial charge in [-0.15, -0.1) is 5.10 Å². The highest BCUT2D eigenvalue weighted by atomic mass is 16.4. The Kier molecular flexibility index (Phi) is 5.13. The number of carbonyl (C=O) groups excluding carboxylic acids is 1. The largest absolute Gasteiger partial charge is 0.476 e. The van der Waals surface area contributed by atoms with Gasteiger partial charge < -0.3 is 10.0 Å². The van der Waals surface area contributed by atoms with Crippen molar-refractivity contribution in [3.8, 4) is 0 Å². The standard InChI is InChI=1S/C16H25N5O3/c1-12(19-7-4-2-3-5-8-19)15(22)20-9-6-13(10-20)21-11-14(16(23)24)17-18-21/h11-13H,2-10H2,1H3,(H,23,24). The second-order valence-corrected chi connectivity index (χ2v) is 6.74. The van der Waals surface area contributed by atoms with Gasteiger partial charge in [0.2, 0.25) is 5.91 Å². The average molecular weight is 335 g/mol. The number of carbonyl (C=O) groups is 2. The van der Waals surface area contributed by atoms with Crippen molar-refractivity contribution >= 4 is 11.9 Å². The summed E-state index contributed by atoms with van der Waals surface area (Å²) in [6, 6.07) is -0.0851. The summed E-state index contributed by atoms with van der Waals surface area (Å²) in [5.74, 6) is -0.917. The van der Waals surface area contributed by atoms with Crippen molar-refractivity contribution in [1.29, 1.82) is 0 Å². The van der Waals surface area contributed by atoms with Gasteiger partial charge >= 0.3 is 5.97 Å². The lowest BCUT2D eigenvalue weighted by Crippen LogP contribution is -2.46. The van der Waals surface area contributed by atoms with Crippen LogP contribution in [-0.2, 0) is 4.79 Å². The maximum Gasteiger partial charge on any atom is 0.358 e. The van der Waals surface area contributed by atoms with Crippen LogP contribution in [0.4, 0.5) is 0 Å². The smallest absolute Gasteiger partial charge is 0.358 e. The first-order chi connectivity index (χ1) is 11.6. The van der Waals surface area contributed by atoms with Crippen molar-refractivity contribution < 1.29 is 14.7 Å². The number of amides is 1. The summed E-state index contributed by atoms with van der Waals surface area (Å²) >= 11 is 0. The Morgan fingerprint density at radius 3 is 2.54 bits per heavy atom. The lowest BCUT2D eigenvalue weighted by molar-refractivity contribution is -0.135. The highest BCUT2D eigenvalue weighted by Gasteiger charge is 2.33. The predicted octanol–water partition coefficient (Wildman–Crippen LogP) is 1.01. The van der Waals surface area contributed by atoms with Crippen LogP contribution in [0.2, 0.25) is 0 Å². The number of hydrogen-bond acceptors (Lipinski definition) is 5. The van der Waals surface area contributed by atoms with Gasteiger partial charge in [-0.25, -0.2) is 9.48 Å². The van der Waals surface area contributed by atoms with E-state index in [9.17, 15) is 9.59 Å². The normalized spacial score (nSPS) is 23.9. The first kappa shape index (κ1) is 16.9. The Morgan fingerprint density at radius 2 is 1.92 bits per heavy atom. The van der Waals surface area contributed by atoms with Crippen LogP contribution < -0.4 is 0 Å². The molecule has 0 radical (unpaired) electrons. The zero-order valence-corrected chi connectivity index (χ0v) is 14.1. The molecule has 1 aromatic heterocycles. The maximum absolute atomic E-state index is 12.8. The van der Waals surface area contributed by atoms with Gasteiger partial charge in [0.15, 0.2) is 5.69 Å². The van der Waals surface area contributed by atoms with Crippen molar-refractivity contribution in [1.82, 2.24) is 24.8 Å². The Labute approximate surface area is 141 Å². The zero-order valence-electron chi connectivity index (χ0n) is 14.1. The lowest BCUT2D eigenvalue weighted by atomic mass is 10.2. The van der Waals surface area contributed by atoms with Gasteiger partial charge in [0.1, 0.15) is 0 Å². The van der Waals surface area contributed by atoms with Crippen LogP contribution in [-0.4, -0.2) is 74.0 Å². The summed E-state index contributed by atoms with van der Waals surface area (Å²) in [6.07, 6.45) is 7.05. The molecule has 2 unspecified atom stereocenters. The minimum atomic E-state index is -1.08. The first-order valence-electron chi connectivity index (χ1n) is 8.74. The molecule has 2 aliphatic rings. The molecule has 132 valence electrons. The van der Waals surface area contributed by atoms with E-state index >= 15 is 0 Å². The molecule has 24 heavy (non-hydrogen) atoms. The highest BCUT2D eigenvalue weighted by molar-refractivity contribution is 5.84. The molecule has 2 saturated heterocycles. The summed E-state index contributed by atoms with van der Waals surface area (Å²) in [4.78, 5) is 27.9.